The molecule has 3 rings (SSSR count). The number of thiophene rings is 1. The molecule has 0 saturated carbocycles. The second kappa shape index (κ2) is 7.12. The van der Waals surface area contributed by atoms with Gasteiger partial charge in [-0.1, -0.05) is 30.3 Å². The molecule has 0 amide bonds. The van der Waals surface area contributed by atoms with Gasteiger partial charge in [0.05, 0.1) is 0 Å². The number of thioether (sulfide) groups is 1. The highest BCUT2D eigenvalue weighted by Gasteiger charge is 2.00. The zero-order chi connectivity index (χ0) is 14.5. The van der Waals surface area contributed by atoms with E-state index in [4.69, 9.17) is 0 Å². The molecule has 0 aliphatic heterocycles. The van der Waals surface area contributed by atoms with Gasteiger partial charge in [0.1, 0.15) is 0 Å². The number of hydrogen-bond acceptors (Lipinski definition) is 3. The Kier molecular flexibility index (Phi) is 4.96. The topological polar surface area (TPSA) is 12.0 Å². The molecule has 1 aromatic heterocycles. The van der Waals surface area contributed by atoms with Crippen molar-refractivity contribution in [3.8, 4) is 0 Å². The highest BCUT2D eigenvalue weighted by Crippen LogP contribution is 2.23. The van der Waals surface area contributed by atoms with E-state index in [1.54, 1.807) is 0 Å². The molecule has 0 aliphatic carbocycles. The van der Waals surface area contributed by atoms with E-state index in [2.05, 4.69) is 66.2 Å². The molecule has 0 unspecified atom stereocenters. The van der Waals surface area contributed by atoms with Gasteiger partial charge >= 0.3 is 0 Å². The Labute approximate surface area is 134 Å². The highest BCUT2D eigenvalue weighted by atomic mass is 32.2. The minimum absolute atomic E-state index is 0.988. The first-order valence-electron chi connectivity index (χ1n) is 7.18. The van der Waals surface area contributed by atoms with Crippen LogP contribution in [-0.2, 0) is 6.54 Å². The van der Waals surface area contributed by atoms with Crippen molar-refractivity contribution in [3.05, 3.63) is 64.4 Å². The Morgan fingerprint density at radius 1 is 1.05 bits per heavy atom. The lowest BCUT2D eigenvalue weighted by Crippen LogP contribution is -2.16. The van der Waals surface area contributed by atoms with Crippen molar-refractivity contribution < 1.29 is 0 Å². The van der Waals surface area contributed by atoms with Crippen LogP contribution in [0.4, 0.5) is 0 Å². The van der Waals surface area contributed by atoms with Gasteiger partial charge in [-0.25, -0.2) is 0 Å². The number of hydrogen-bond donors (Lipinski definition) is 1. The molecule has 0 radical (unpaired) electrons. The normalized spacial score (nSPS) is 11.1. The summed E-state index contributed by atoms with van der Waals surface area (Å²) < 4.78 is 0. The van der Waals surface area contributed by atoms with Crippen LogP contribution >= 0.6 is 23.1 Å². The van der Waals surface area contributed by atoms with Crippen LogP contribution in [0.1, 0.15) is 10.4 Å². The zero-order valence-electron chi connectivity index (χ0n) is 12.1. The summed E-state index contributed by atoms with van der Waals surface area (Å²) in [5, 5.41) is 8.33. The first-order valence-corrected chi connectivity index (χ1v) is 9.05. The van der Waals surface area contributed by atoms with Crippen molar-refractivity contribution in [2.45, 2.75) is 18.4 Å². The van der Waals surface area contributed by atoms with Gasteiger partial charge in [-0.15, -0.1) is 23.1 Å². The molecular weight excluding hydrogens is 294 g/mol. The third-order valence-corrected chi connectivity index (χ3v) is 5.54. The third-order valence-electron chi connectivity index (χ3n) is 3.52. The van der Waals surface area contributed by atoms with Crippen molar-refractivity contribution in [1.29, 1.82) is 0 Å². The molecule has 0 aliphatic rings. The summed E-state index contributed by atoms with van der Waals surface area (Å²) in [6, 6.07) is 17.4. The van der Waals surface area contributed by atoms with E-state index in [-0.39, 0.29) is 0 Å². The van der Waals surface area contributed by atoms with Crippen LogP contribution in [0.5, 0.6) is 0 Å². The average Bonchev–Trinajstić information content (AvgIpc) is 2.92. The molecule has 0 fully saturated rings. The SMILES string of the molecule is Cc1ccsc1CNCCSc1ccc2ccccc2c1. The minimum atomic E-state index is 0.988. The molecule has 3 heteroatoms. The summed E-state index contributed by atoms with van der Waals surface area (Å²) >= 11 is 3.75. The van der Waals surface area contributed by atoms with Crippen LogP contribution in [0.15, 0.2) is 58.8 Å². The molecule has 108 valence electrons. The summed E-state index contributed by atoms with van der Waals surface area (Å²) in [7, 11) is 0. The van der Waals surface area contributed by atoms with Crippen molar-refractivity contribution in [2.24, 2.45) is 0 Å². The second-order valence-corrected chi connectivity index (χ2v) is 7.23. The fourth-order valence-electron chi connectivity index (χ4n) is 2.29. The molecule has 0 saturated heterocycles. The van der Waals surface area contributed by atoms with Crippen LogP contribution in [0.25, 0.3) is 10.8 Å². The summed E-state index contributed by atoms with van der Waals surface area (Å²) in [5.74, 6) is 1.10. The van der Waals surface area contributed by atoms with Crippen LogP contribution < -0.4 is 5.32 Å². The Bertz CT molecular complexity index is 718. The smallest absolute Gasteiger partial charge is 0.0302 e. The largest absolute Gasteiger partial charge is 0.311 e. The van der Waals surface area contributed by atoms with E-state index in [1.165, 1.54) is 26.1 Å². The monoisotopic (exact) mass is 313 g/mol. The summed E-state index contributed by atoms with van der Waals surface area (Å²) in [4.78, 5) is 2.80. The Morgan fingerprint density at radius 3 is 2.71 bits per heavy atom. The first kappa shape index (κ1) is 14.6. The molecule has 21 heavy (non-hydrogen) atoms. The molecule has 1 nitrogen and oxygen atoms in total. The molecule has 0 bridgehead atoms. The van der Waals surface area contributed by atoms with Crippen molar-refractivity contribution in [1.82, 2.24) is 5.32 Å². The predicted octanol–water partition coefficient (Wildman–Crippen LogP) is 5.09. The fraction of sp³-hybridized carbons (Fsp3) is 0.222. The van der Waals surface area contributed by atoms with Crippen LogP contribution in [0.3, 0.4) is 0 Å². The van der Waals surface area contributed by atoms with E-state index < -0.39 is 0 Å². The fourth-order valence-corrected chi connectivity index (χ4v) is 4.02. The molecular formula is C18H19NS2. The molecule has 2 aromatic carbocycles. The van der Waals surface area contributed by atoms with Crippen LogP contribution in [-0.4, -0.2) is 12.3 Å². The summed E-state index contributed by atoms with van der Waals surface area (Å²) in [5.41, 5.74) is 1.40. The van der Waals surface area contributed by atoms with E-state index in [1.807, 2.05) is 23.1 Å². The van der Waals surface area contributed by atoms with Gasteiger partial charge in [0.25, 0.3) is 0 Å². The van der Waals surface area contributed by atoms with Crippen molar-refractivity contribution >= 4 is 33.9 Å². The number of aryl methyl sites for hydroxylation is 1. The van der Waals surface area contributed by atoms with Crippen LogP contribution in [0.2, 0.25) is 0 Å². The number of rotatable bonds is 6. The van der Waals surface area contributed by atoms with Gasteiger partial charge in [0, 0.05) is 28.6 Å². The summed E-state index contributed by atoms with van der Waals surface area (Å²) in [6.45, 7) is 4.20. The number of nitrogens with one attached hydrogen (secondary N) is 1. The zero-order valence-corrected chi connectivity index (χ0v) is 13.8. The highest BCUT2D eigenvalue weighted by molar-refractivity contribution is 7.99. The van der Waals surface area contributed by atoms with Crippen molar-refractivity contribution in [3.63, 3.8) is 0 Å². The molecule has 0 atom stereocenters. The minimum Gasteiger partial charge on any atom is -0.311 e. The maximum atomic E-state index is 3.53. The summed E-state index contributed by atoms with van der Waals surface area (Å²) in [6.07, 6.45) is 0. The second-order valence-electron chi connectivity index (χ2n) is 5.06. The lowest BCUT2D eigenvalue weighted by atomic mass is 10.1. The van der Waals surface area contributed by atoms with Gasteiger partial charge in [0.15, 0.2) is 0 Å². The third kappa shape index (κ3) is 3.88. The molecule has 3 aromatic rings. The standard InChI is InChI=1S/C18H19NS2/c1-14-8-10-21-18(14)13-19-9-11-20-17-7-6-15-4-2-3-5-16(15)12-17/h2-8,10,12,19H,9,11,13H2,1H3. The quantitative estimate of drug-likeness (QED) is 0.502. The molecule has 0 spiro atoms. The Balaban J connectivity index is 1.47. The lowest BCUT2D eigenvalue weighted by Gasteiger charge is -2.06. The Hall–Kier alpha value is -1.29. The molecule has 1 heterocycles. The van der Waals surface area contributed by atoms with Crippen molar-refractivity contribution in [2.75, 3.05) is 12.3 Å². The Morgan fingerprint density at radius 2 is 1.90 bits per heavy atom. The van der Waals surface area contributed by atoms with Gasteiger partial charge in [-0.3, -0.25) is 0 Å². The van der Waals surface area contributed by atoms with E-state index in [0.717, 1.165) is 18.8 Å². The first-order chi connectivity index (χ1) is 10.3. The van der Waals surface area contributed by atoms with Gasteiger partial charge in [-0.2, -0.15) is 0 Å². The van der Waals surface area contributed by atoms with E-state index in [0.29, 0.717) is 0 Å². The van der Waals surface area contributed by atoms with E-state index >= 15 is 0 Å². The maximum absolute atomic E-state index is 3.53. The number of fused-ring (bicyclic) bond motifs is 1. The van der Waals surface area contributed by atoms with Gasteiger partial charge in [-0.05, 0) is 46.8 Å². The molecule has 1 N–H and O–H groups in total. The van der Waals surface area contributed by atoms with Gasteiger partial charge < -0.3 is 5.32 Å². The average molecular weight is 313 g/mol. The van der Waals surface area contributed by atoms with E-state index in [9.17, 15) is 0 Å². The predicted molar refractivity (Wildman–Crippen MR) is 95.4 cm³/mol. The van der Waals surface area contributed by atoms with Crippen LogP contribution in [0, 0.1) is 6.92 Å². The lowest BCUT2D eigenvalue weighted by molar-refractivity contribution is 0.738. The van der Waals surface area contributed by atoms with Gasteiger partial charge in [0.2, 0.25) is 0 Å². The number of benzene rings is 2. The maximum Gasteiger partial charge on any atom is 0.0302 e.